The lowest BCUT2D eigenvalue weighted by Gasteiger charge is -2.08. The van der Waals surface area contributed by atoms with Gasteiger partial charge in [-0.3, -0.25) is 4.72 Å². The SMILES string of the molecule is Cc1nc(NS(=O)(=O)c2cc(CN)ccc2Cl)sc1C. The molecule has 3 N–H and O–H groups in total. The number of aromatic nitrogens is 1. The Hall–Kier alpha value is -1.15. The summed E-state index contributed by atoms with van der Waals surface area (Å²) < 4.78 is 27.1. The topological polar surface area (TPSA) is 85.1 Å². The van der Waals surface area contributed by atoms with Crippen molar-refractivity contribution in [3.05, 3.63) is 39.4 Å². The second kappa shape index (κ2) is 5.69. The number of hydrogen-bond donors (Lipinski definition) is 2. The first-order chi connectivity index (χ1) is 9.33. The van der Waals surface area contributed by atoms with Crippen molar-refractivity contribution >= 4 is 38.1 Å². The van der Waals surface area contributed by atoms with E-state index in [4.69, 9.17) is 17.3 Å². The molecule has 1 aromatic heterocycles. The molecule has 0 aliphatic rings. The van der Waals surface area contributed by atoms with Gasteiger partial charge in [0.05, 0.1) is 10.7 Å². The summed E-state index contributed by atoms with van der Waals surface area (Å²) >= 11 is 7.25. The first kappa shape index (κ1) is 15.2. The van der Waals surface area contributed by atoms with Gasteiger partial charge in [0.2, 0.25) is 0 Å². The van der Waals surface area contributed by atoms with Crippen LogP contribution in [-0.2, 0) is 16.6 Å². The van der Waals surface area contributed by atoms with Crippen LogP contribution >= 0.6 is 22.9 Å². The molecular weight excluding hydrogens is 318 g/mol. The standard InChI is InChI=1S/C12H14ClN3O2S2/c1-7-8(2)19-12(15-7)16-20(17,18)11-5-9(6-14)3-4-10(11)13/h3-5H,6,14H2,1-2H3,(H,15,16). The van der Waals surface area contributed by atoms with E-state index in [9.17, 15) is 8.42 Å². The van der Waals surface area contributed by atoms with Gasteiger partial charge in [0, 0.05) is 11.4 Å². The summed E-state index contributed by atoms with van der Waals surface area (Å²) in [6, 6.07) is 4.69. The zero-order valence-electron chi connectivity index (χ0n) is 11.0. The van der Waals surface area contributed by atoms with Gasteiger partial charge >= 0.3 is 0 Å². The van der Waals surface area contributed by atoms with Gasteiger partial charge in [0.15, 0.2) is 5.13 Å². The Balaban J connectivity index is 2.40. The number of benzene rings is 1. The smallest absolute Gasteiger partial charge is 0.265 e. The van der Waals surface area contributed by atoms with Crippen LogP contribution in [0.3, 0.4) is 0 Å². The summed E-state index contributed by atoms with van der Waals surface area (Å²) in [6.45, 7) is 3.95. The second-order valence-electron chi connectivity index (χ2n) is 4.24. The third-order valence-corrected chi connectivity index (χ3v) is 5.71. The van der Waals surface area contributed by atoms with Crippen LogP contribution in [0.15, 0.2) is 23.1 Å². The molecule has 0 fully saturated rings. The molecule has 0 aliphatic carbocycles. The largest absolute Gasteiger partial charge is 0.326 e. The summed E-state index contributed by atoms with van der Waals surface area (Å²) in [7, 11) is -3.77. The summed E-state index contributed by atoms with van der Waals surface area (Å²) in [6.07, 6.45) is 0. The highest BCUT2D eigenvalue weighted by molar-refractivity contribution is 7.93. The molecule has 20 heavy (non-hydrogen) atoms. The van der Waals surface area contributed by atoms with Gasteiger partial charge in [-0.1, -0.05) is 17.7 Å². The molecule has 0 unspecified atom stereocenters. The molecule has 0 aliphatic heterocycles. The monoisotopic (exact) mass is 331 g/mol. The number of nitrogens with zero attached hydrogens (tertiary/aromatic N) is 1. The fraction of sp³-hybridized carbons (Fsp3) is 0.250. The van der Waals surface area contributed by atoms with Crippen molar-refractivity contribution in [1.29, 1.82) is 0 Å². The van der Waals surface area contributed by atoms with Crippen LogP contribution in [0.25, 0.3) is 0 Å². The molecule has 8 heteroatoms. The van der Waals surface area contributed by atoms with E-state index >= 15 is 0 Å². The van der Waals surface area contributed by atoms with Gasteiger partial charge in [-0.2, -0.15) is 0 Å². The van der Waals surface area contributed by atoms with Crippen molar-refractivity contribution < 1.29 is 8.42 Å². The molecule has 0 atom stereocenters. The number of nitrogens with one attached hydrogen (secondary N) is 1. The van der Waals surface area contributed by atoms with Gasteiger partial charge in [0.1, 0.15) is 4.90 Å². The Morgan fingerprint density at radius 3 is 2.65 bits per heavy atom. The van der Waals surface area contributed by atoms with E-state index in [1.165, 1.54) is 23.5 Å². The van der Waals surface area contributed by atoms with E-state index in [1.54, 1.807) is 6.07 Å². The molecule has 0 radical (unpaired) electrons. The molecule has 1 heterocycles. The Morgan fingerprint density at radius 2 is 2.10 bits per heavy atom. The average molecular weight is 332 g/mol. The van der Waals surface area contributed by atoms with Gasteiger partial charge in [-0.15, -0.1) is 11.3 Å². The quantitative estimate of drug-likeness (QED) is 0.902. The van der Waals surface area contributed by atoms with E-state index in [-0.39, 0.29) is 16.5 Å². The van der Waals surface area contributed by atoms with Crippen molar-refractivity contribution in [2.24, 2.45) is 5.73 Å². The summed E-state index contributed by atoms with van der Waals surface area (Å²) in [5.74, 6) is 0. The van der Waals surface area contributed by atoms with Gasteiger partial charge < -0.3 is 5.73 Å². The van der Waals surface area contributed by atoms with Gasteiger partial charge in [-0.05, 0) is 31.5 Å². The number of hydrogen-bond acceptors (Lipinski definition) is 5. The van der Waals surface area contributed by atoms with E-state index in [0.29, 0.717) is 10.7 Å². The van der Waals surface area contributed by atoms with Crippen LogP contribution in [0, 0.1) is 13.8 Å². The predicted molar refractivity (Wildman–Crippen MR) is 81.7 cm³/mol. The van der Waals surface area contributed by atoms with Crippen LogP contribution in [0.5, 0.6) is 0 Å². The zero-order chi connectivity index (χ0) is 14.9. The van der Waals surface area contributed by atoms with Crippen LogP contribution in [-0.4, -0.2) is 13.4 Å². The molecule has 0 amide bonds. The van der Waals surface area contributed by atoms with Crippen molar-refractivity contribution in [3.63, 3.8) is 0 Å². The number of sulfonamides is 1. The van der Waals surface area contributed by atoms with Gasteiger partial charge in [-0.25, -0.2) is 13.4 Å². The number of nitrogens with two attached hydrogens (primary N) is 1. The molecule has 0 bridgehead atoms. The minimum atomic E-state index is -3.77. The maximum Gasteiger partial charge on any atom is 0.265 e. The predicted octanol–water partition coefficient (Wildman–Crippen LogP) is 2.67. The molecule has 0 spiro atoms. The van der Waals surface area contributed by atoms with Crippen molar-refractivity contribution in [2.45, 2.75) is 25.3 Å². The number of thiazole rings is 1. The fourth-order valence-corrected chi connectivity index (χ4v) is 4.17. The lowest BCUT2D eigenvalue weighted by molar-refractivity contribution is 0.601. The highest BCUT2D eigenvalue weighted by Gasteiger charge is 2.20. The fourth-order valence-electron chi connectivity index (χ4n) is 1.57. The third-order valence-electron chi connectivity index (χ3n) is 2.77. The van der Waals surface area contributed by atoms with Crippen molar-refractivity contribution in [1.82, 2.24) is 4.98 Å². The summed E-state index contributed by atoms with van der Waals surface area (Å²) in [4.78, 5) is 5.12. The van der Waals surface area contributed by atoms with Crippen LogP contribution in [0.4, 0.5) is 5.13 Å². The summed E-state index contributed by atoms with van der Waals surface area (Å²) in [5.41, 5.74) is 7.02. The number of anilines is 1. The van der Waals surface area contributed by atoms with Crippen LogP contribution in [0.2, 0.25) is 5.02 Å². The minimum Gasteiger partial charge on any atom is -0.326 e. The molecule has 108 valence electrons. The molecule has 0 saturated carbocycles. The van der Waals surface area contributed by atoms with E-state index in [2.05, 4.69) is 9.71 Å². The molecule has 1 aromatic carbocycles. The number of rotatable bonds is 4. The molecule has 5 nitrogen and oxygen atoms in total. The minimum absolute atomic E-state index is 0.00706. The van der Waals surface area contributed by atoms with E-state index in [1.807, 2.05) is 13.8 Å². The molecule has 2 rings (SSSR count). The highest BCUT2D eigenvalue weighted by Crippen LogP contribution is 2.27. The van der Waals surface area contributed by atoms with Gasteiger partial charge in [0.25, 0.3) is 10.0 Å². The number of aryl methyl sites for hydroxylation is 2. The Kier molecular flexibility index (Phi) is 4.33. The lowest BCUT2D eigenvalue weighted by Crippen LogP contribution is -2.14. The van der Waals surface area contributed by atoms with Crippen molar-refractivity contribution in [3.8, 4) is 0 Å². The third kappa shape index (κ3) is 3.12. The lowest BCUT2D eigenvalue weighted by atomic mass is 10.2. The first-order valence-corrected chi connectivity index (χ1v) is 8.46. The first-order valence-electron chi connectivity index (χ1n) is 5.79. The molecule has 0 saturated heterocycles. The van der Waals surface area contributed by atoms with E-state index in [0.717, 1.165) is 10.6 Å². The van der Waals surface area contributed by atoms with Crippen molar-refractivity contribution in [2.75, 3.05) is 4.72 Å². The molecule has 2 aromatic rings. The average Bonchev–Trinajstić information content (AvgIpc) is 2.67. The zero-order valence-corrected chi connectivity index (χ0v) is 13.4. The maximum atomic E-state index is 12.3. The number of halogens is 1. The Labute approximate surface area is 126 Å². The summed E-state index contributed by atoms with van der Waals surface area (Å²) in [5, 5.41) is 0.480. The maximum absolute atomic E-state index is 12.3. The Bertz CT molecular complexity index is 722. The van der Waals surface area contributed by atoms with E-state index < -0.39 is 10.0 Å². The Morgan fingerprint density at radius 1 is 1.40 bits per heavy atom. The van der Waals surface area contributed by atoms with Crippen LogP contribution in [0.1, 0.15) is 16.1 Å². The normalized spacial score (nSPS) is 11.6. The van der Waals surface area contributed by atoms with Crippen LogP contribution < -0.4 is 10.5 Å². The second-order valence-corrected chi connectivity index (χ2v) is 7.50. The molecular formula is C12H14ClN3O2S2. The highest BCUT2D eigenvalue weighted by atomic mass is 35.5.